The van der Waals surface area contributed by atoms with E-state index >= 15 is 0 Å². The summed E-state index contributed by atoms with van der Waals surface area (Å²) in [6.07, 6.45) is 2.84. The van der Waals surface area contributed by atoms with Crippen LogP contribution in [-0.4, -0.2) is 47.1 Å². The van der Waals surface area contributed by atoms with Gasteiger partial charge in [-0.05, 0) is 25.0 Å². The molecule has 1 atom stereocenters. The summed E-state index contributed by atoms with van der Waals surface area (Å²) in [5.74, 6) is 1.10. The molecule has 2 heterocycles. The minimum absolute atomic E-state index is 0.238. The normalized spacial score (nSPS) is 18.3. The molecule has 1 fully saturated rings. The highest BCUT2D eigenvalue weighted by atomic mass is 32.1. The zero-order chi connectivity index (χ0) is 13.8. The number of anilines is 1. The quantitative estimate of drug-likeness (QED) is 0.847. The maximum absolute atomic E-state index is 5.81. The number of aromatic nitrogens is 1. The van der Waals surface area contributed by atoms with Crippen LogP contribution in [0.1, 0.15) is 18.9 Å². The summed E-state index contributed by atoms with van der Waals surface area (Å²) in [6, 6.07) is 4.33. The molecular formula is C14H22N4S. The summed E-state index contributed by atoms with van der Waals surface area (Å²) in [5.41, 5.74) is 7.05. The molecule has 2 rings (SSSR count). The third-order valence-electron chi connectivity index (χ3n) is 3.75. The Morgan fingerprint density at radius 2 is 2.11 bits per heavy atom. The Bertz CT molecular complexity index is 441. The largest absolute Gasteiger partial charge is 0.392 e. The number of rotatable bonds is 4. The molecule has 1 aromatic rings. The Labute approximate surface area is 120 Å². The molecule has 104 valence electrons. The van der Waals surface area contributed by atoms with E-state index in [-0.39, 0.29) is 6.04 Å². The second-order valence-corrected chi connectivity index (χ2v) is 5.46. The molecule has 0 spiro atoms. The van der Waals surface area contributed by atoms with Gasteiger partial charge in [-0.1, -0.05) is 25.2 Å². The van der Waals surface area contributed by atoms with Crippen LogP contribution in [0.15, 0.2) is 18.3 Å². The maximum atomic E-state index is 5.81. The fraction of sp³-hybridized carbons (Fsp3) is 0.571. The smallest absolute Gasteiger partial charge is 0.131 e. The summed E-state index contributed by atoms with van der Waals surface area (Å²) < 4.78 is 0. The summed E-state index contributed by atoms with van der Waals surface area (Å²) in [6.45, 7) is 8.20. The Hall–Kier alpha value is -1.20. The average Bonchev–Trinajstić information content (AvgIpc) is 2.41. The van der Waals surface area contributed by atoms with E-state index in [4.69, 9.17) is 18.0 Å². The van der Waals surface area contributed by atoms with Crippen molar-refractivity contribution < 1.29 is 0 Å². The minimum atomic E-state index is 0.238. The van der Waals surface area contributed by atoms with Gasteiger partial charge in [-0.2, -0.15) is 0 Å². The SMILES string of the molecule is CCC(C(N)=S)N1CCN(c2ncccc2C)CC1. The van der Waals surface area contributed by atoms with E-state index in [1.807, 2.05) is 12.3 Å². The lowest BCUT2D eigenvalue weighted by Gasteiger charge is -2.39. The van der Waals surface area contributed by atoms with E-state index in [1.165, 1.54) is 5.56 Å². The third-order valence-corrected chi connectivity index (χ3v) is 4.02. The van der Waals surface area contributed by atoms with E-state index in [0.717, 1.165) is 38.4 Å². The van der Waals surface area contributed by atoms with Gasteiger partial charge in [0, 0.05) is 32.4 Å². The lowest BCUT2D eigenvalue weighted by molar-refractivity contribution is 0.224. The molecule has 1 aromatic heterocycles. The van der Waals surface area contributed by atoms with Crippen molar-refractivity contribution in [1.29, 1.82) is 0 Å². The van der Waals surface area contributed by atoms with Crippen molar-refractivity contribution in [3.05, 3.63) is 23.9 Å². The van der Waals surface area contributed by atoms with E-state index in [0.29, 0.717) is 4.99 Å². The van der Waals surface area contributed by atoms with Gasteiger partial charge < -0.3 is 10.6 Å². The fourth-order valence-corrected chi connectivity index (χ4v) is 3.01. The molecule has 1 saturated heterocycles. The topological polar surface area (TPSA) is 45.4 Å². The first kappa shape index (κ1) is 14.2. The lowest BCUT2D eigenvalue weighted by atomic mass is 10.1. The van der Waals surface area contributed by atoms with Gasteiger partial charge in [-0.3, -0.25) is 4.90 Å². The first-order valence-electron chi connectivity index (χ1n) is 6.83. The van der Waals surface area contributed by atoms with Gasteiger partial charge in [0.2, 0.25) is 0 Å². The van der Waals surface area contributed by atoms with Gasteiger partial charge in [0.1, 0.15) is 5.82 Å². The van der Waals surface area contributed by atoms with Gasteiger partial charge in [0.25, 0.3) is 0 Å². The Morgan fingerprint density at radius 3 is 2.63 bits per heavy atom. The highest BCUT2D eigenvalue weighted by molar-refractivity contribution is 7.80. The summed E-state index contributed by atoms with van der Waals surface area (Å²) in [4.78, 5) is 9.83. The number of pyridine rings is 1. The number of nitrogens with zero attached hydrogens (tertiary/aromatic N) is 3. The minimum Gasteiger partial charge on any atom is -0.392 e. The Kier molecular flexibility index (Phi) is 4.71. The molecule has 0 radical (unpaired) electrons. The molecule has 1 unspecified atom stereocenters. The number of thiocarbonyl (C=S) groups is 1. The maximum Gasteiger partial charge on any atom is 0.131 e. The monoisotopic (exact) mass is 278 g/mol. The Morgan fingerprint density at radius 1 is 1.42 bits per heavy atom. The van der Waals surface area contributed by atoms with Crippen molar-refractivity contribution >= 4 is 23.0 Å². The molecule has 5 heteroatoms. The summed E-state index contributed by atoms with van der Waals surface area (Å²) in [5, 5.41) is 0. The van der Waals surface area contributed by atoms with Gasteiger partial charge in [0.15, 0.2) is 0 Å². The van der Waals surface area contributed by atoms with Gasteiger partial charge in [-0.15, -0.1) is 0 Å². The first-order chi connectivity index (χ1) is 9.13. The van der Waals surface area contributed by atoms with Crippen molar-refractivity contribution in [3.63, 3.8) is 0 Å². The summed E-state index contributed by atoms with van der Waals surface area (Å²) in [7, 11) is 0. The van der Waals surface area contributed by atoms with Crippen LogP contribution in [0.5, 0.6) is 0 Å². The molecule has 0 amide bonds. The zero-order valence-corrected chi connectivity index (χ0v) is 12.5. The van der Waals surface area contributed by atoms with Crippen LogP contribution in [0.3, 0.4) is 0 Å². The van der Waals surface area contributed by atoms with Crippen molar-refractivity contribution in [2.24, 2.45) is 5.73 Å². The molecule has 0 saturated carbocycles. The number of hydrogen-bond acceptors (Lipinski definition) is 4. The van der Waals surface area contributed by atoms with Gasteiger partial charge in [0.05, 0.1) is 11.0 Å². The summed E-state index contributed by atoms with van der Waals surface area (Å²) >= 11 is 5.15. The second-order valence-electron chi connectivity index (χ2n) is 4.99. The standard InChI is InChI=1S/C14H22N4S/c1-3-12(13(15)19)17-7-9-18(10-8-17)14-11(2)5-4-6-16-14/h4-6,12H,3,7-10H2,1-2H3,(H2,15,19). The molecule has 1 aliphatic heterocycles. The van der Waals surface area contributed by atoms with Crippen LogP contribution >= 0.6 is 12.2 Å². The number of aryl methyl sites for hydroxylation is 1. The van der Waals surface area contributed by atoms with Crippen LogP contribution in [-0.2, 0) is 0 Å². The number of piperazine rings is 1. The molecule has 0 aliphatic carbocycles. The zero-order valence-electron chi connectivity index (χ0n) is 11.7. The molecule has 0 bridgehead atoms. The van der Waals surface area contributed by atoms with Crippen molar-refractivity contribution in [3.8, 4) is 0 Å². The van der Waals surface area contributed by atoms with E-state index in [2.05, 4.69) is 34.7 Å². The lowest BCUT2D eigenvalue weighted by Crippen LogP contribution is -2.53. The van der Waals surface area contributed by atoms with Crippen LogP contribution in [0.25, 0.3) is 0 Å². The third kappa shape index (κ3) is 3.22. The van der Waals surface area contributed by atoms with Crippen molar-refractivity contribution in [2.75, 3.05) is 31.1 Å². The molecule has 4 nitrogen and oxygen atoms in total. The highest BCUT2D eigenvalue weighted by Gasteiger charge is 2.25. The van der Waals surface area contributed by atoms with Crippen molar-refractivity contribution in [1.82, 2.24) is 9.88 Å². The van der Waals surface area contributed by atoms with Crippen LogP contribution in [0.4, 0.5) is 5.82 Å². The molecule has 0 aromatic carbocycles. The first-order valence-corrected chi connectivity index (χ1v) is 7.24. The van der Waals surface area contributed by atoms with E-state index in [9.17, 15) is 0 Å². The van der Waals surface area contributed by atoms with Crippen LogP contribution < -0.4 is 10.6 Å². The molecule has 2 N–H and O–H groups in total. The molecule has 1 aliphatic rings. The van der Waals surface area contributed by atoms with Crippen LogP contribution in [0, 0.1) is 6.92 Å². The number of nitrogens with two attached hydrogens (primary N) is 1. The predicted molar refractivity (Wildman–Crippen MR) is 83.6 cm³/mol. The predicted octanol–water partition coefficient (Wildman–Crippen LogP) is 1.58. The molecule has 19 heavy (non-hydrogen) atoms. The van der Waals surface area contributed by atoms with Crippen LogP contribution in [0.2, 0.25) is 0 Å². The van der Waals surface area contributed by atoms with Crippen molar-refractivity contribution in [2.45, 2.75) is 26.3 Å². The molecular weight excluding hydrogens is 256 g/mol. The van der Waals surface area contributed by atoms with Gasteiger partial charge >= 0.3 is 0 Å². The van der Waals surface area contributed by atoms with E-state index < -0.39 is 0 Å². The highest BCUT2D eigenvalue weighted by Crippen LogP contribution is 2.19. The average molecular weight is 278 g/mol. The Balaban J connectivity index is 2.00. The van der Waals surface area contributed by atoms with E-state index in [1.54, 1.807) is 0 Å². The van der Waals surface area contributed by atoms with Gasteiger partial charge in [-0.25, -0.2) is 4.98 Å². The second kappa shape index (κ2) is 6.30. The fourth-order valence-electron chi connectivity index (χ4n) is 2.69. The number of hydrogen-bond donors (Lipinski definition) is 1.